The van der Waals surface area contributed by atoms with Crippen molar-refractivity contribution in [1.29, 1.82) is 0 Å². The summed E-state index contributed by atoms with van der Waals surface area (Å²) in [5, 5.41) is 0. The van der Waals surface area contributed by atoms with Gasteiger partial charge in [0, 0.05) is 26.2 Å². The normalized spacial score (nSPS) is 15.3. The van der Waals surface area contributed by atoms with Crippen molar-refractivity contribution in [2.45, 2.75) is 31.8 Å². The predicted octanol–water partition coefficient (Wildman–Crippen LogP) is 3.95. The monoisotopic (exact) mass is 522 g/mol. The number of hydrogen-bond acceptors (Lipinski definition) is 7. The van der Waals surface area contributed by atoms with Gasteiger partial charge in [-0.3, -0.25) is 0 Å². The molecule has 0 radical (unpaired) electrons. The largest absolute Gasteiger partial charge is 0.461 e. The van der Waals surface area contributed by atoms with Crippen LogP contribution in [0.15, 0.2) is 41.3 Å². The van der Waals surface area contributed by atoms with Crippen molar-refractivity contribution in [3.8, 4) is 0 Å². The number of fused-ring (bicyclic) bond motifs is 1. The van der Waals surface area contributed by atoms with E-state index in [2.05, 4.69) is 9.97 Å². The van der Waals surface area contributed by atoms with Crippen molar-refractivity contribution < 1.29 is 31.1 Å². The lowest BCUT2D eigenvalue weighted by molar-refractivity contribution is -0.137. The average molecular weight is 523 g/mol. The van der Waals surface area contributed by atoms with Gasteiger partial charge in [-0.2, -0.15) is 17.5 Å². The van der Waals surface area contributed by atoms with Crippen LogP contribution in [0.2, 0.25) is 0 Å². The van der Waals surface area contributed by atoms with Gasteiger partial charge in [-0.1, -0.05) is 6.07 Å². The molecule has 0 amide bonds. The average Bonchev–Trinajstić information content (AvgIpc) is 2.84. The number of esters is 1. The highest BCUT2D eigenvalue weighted by molar-refractivity contribution is 7.89. The zero-order valence-electron chi connectivity index (χ0n) is 20.0. The minimum Gasteiger partial charge on any atom is -0.461 e. The summed E-state index contributed by atoms with van der Waals surface area (Å²) in [7, 11) is -4.15. The summed E-state index contributed by atoms with van der Waals surface area (Å²) in [6.45, 7) is 6.00. The van der Waals surface area contributed by atoms with E-state index in [1.807, 2.05) is 26.0 Å². The first-order valence-electron chi connectivity index (χ1n) is 11.3. The molecule has 12 heteroatoms. The summed E-state index contributed by atoms with van der Waals surface area (Å²) in [5.74, 6) is -0.362. The Kier molecular flexibility index (Phi) is 6.93. The molecule has 0 aliphatic carbocycles. The molecule has 2 heterocycles. The molecule has 0 spiro atoms. The van der Waals surface area contributed by atoms with E-state index >= 15 is 0 Å². The number of anilines is 1. The number of carbonyl (C=O) groups excluding carboxylic acids is 1. The summed E-state index contributed by atoms with van der Waals surface area (Å²) < 4.78 is 71.7. The maximum absolute atomic E-state index is 13.1. The standard InChI is InChI=1S/C24H25F3N4O4S/c1-4-35-23(32)21-22(29-20-13-16(3)15(2)12-19(20)28-21)30-8-10-31(11-9-30)36(33,34)18-7-5-6-17(14-18)24(25,26)27/h5-7,12-14H,4,8-11H2,1-3H3. The van der Waals surface area contributed by atoms with Crippen LogP contribution in [0.3, 0.4) is 0 Å². The molecular formula is C24H25F3N4O4S. The number of piperazine rings is 1. The number of hydrogen-bond donors (Lipinski definition) is 0. The zero-order valence-corrected chi connectivity index (χ0v) is 20.8. The maximum Gasteiger partial charge on any atom is 0.416 e. The van der Waals surface area contributed by atoms with Crippen LogP contribution in [0.5, 0.6) is 0 Å². The molecule has 1 saturated heterocycles. The third-order valence-electron chi connectivity index (χ3n) is 6.07. The second kappa shape index (κ2) is 9.66. The quantitative estimate of drug-likeness (QED) is 0.469. The minimum absolute atomic E-state index is 0.00646. The lowest BCUT2D eigenvalue weighted by Gasteiger charge is -2.35. The fourth-order valence-electron chi connectivity index (χ4n) is 3.98. The van der Waals surface area contributed by atoms with E-state index in [1.54, 1.807) is 11.8 Å². The van der Waals surface area contributed by atoms with Gasteiger partial charge in [-0.15, -0.1) is 0 Å². The molecule has 192 valence electrons. The van der Waals surface area contributed by atoms with Crippen molar-refractivity contribution in [3.05, 3.63) is 58.8 Å². The van der Waals surface area contributed by atoms with E-state index in [9.17, 15) is 26.4 Å². The Morgan fingerprint density at radius 2 is 1.61 bits per heavy atom. The van der Waals surface area contributed by atoms with Crippen molar-refractivity contribution in [2.24, 2.45) is 0 Å². The van der Waals surface area contributed by atoms with Gasteiger partial charge in [-0.25, -0.2) is 23.2 Å². The molecule has 0 bridgehead atoms. The van der Waals surface area contributed by atoms with Crippen LogP contribution in [-0.4, -0.2) is 61.4 Å². The van der Waals surface area contributed by atoms with E-state index < -0.39 is 32.6 Å². The van der Waals surface area contributed by atoms with Crippen LogP contribution < -0.4 is 4.90 Å². The Bertz CT molecular complexity index is 1420. The first-order valence-corrected chi connectivity index (χ1v) is 12.7. The van der Waals surface area contributed by atoms with Crippen molar-refractivity contribution in [3.63, 3.8) is 0 Å². The smallest absolute Gasteiger partial charge is 0.416 e. The third kappa shape index (κ3) is 5.00. The van der Waals surface area contributed by atoms with E-state index in [0.717, 1.165) is 33.6 Å². The number of rotatable bonds is 5. The Morgan fingerprint density at radius 3 is 2.19 bits per heavy atom. The predicted molar refractivity (Wildman–Crippen MR) is 127 cm³/mol. The van der Waals surface area contributed by atoms with Crippen LogP contribution in [0.1, 0.15) is 34.1 Å². The number of aromatic nitrogens is 2. The Balaban J connectivity index is 1.63. The number of aryl methyl sites for hydroxylation is 2. The fraction of sp³-hybridized carbons (Fsp3) is 0.375. The first kappa shape index (κ1) is 25.8. The number of nitrogens with zero attached hydrogens (tertiary/aromatic N) is 4. The molecule has 0 unspecified atom stereocenters. The molecular weight excluding hydrogens is 497 g/mol. The topological polar surface area (TPSA) is 92.7 Å². The minimum atomic E-state index is -4.65. The molecule has 3 aromatic rings. The summed E-state index contributed by atoms with van der Waals surface area (Å²) in [5.41, 5.74) is 2.12. The highest BCUT2D eigenvalue weighted by Crippen LogP contribution is 2.32. The van der Waals surface area contributed by atoms with Gasteiger partial charge in [-0.05, 0) is 62.2 Å². The number of alkyl halides is 3. The molecule has 36 heavy (non-hydrogen) atoms. The molecule has 1 aromatic heterocycles. The molecule has 4 rings (SSSR count). The number of halogens is 3. The van der Waals surface area contributed by atoms with Gasteiger partial charge < -0.3 is 9.64 Å². The van der Waals surface area contributed by atoms with Gasteiger partial charge in [0.1, 0.15) is 0 Å². The Hall–Kier alpha value is -3.25. The molecule has 1 aliphatic heterocycles. The summed E-state index contributed by atoms with van der Waals surface area (Å²) in [6, 6.07) is 7.39. The summed E-state index contributed by atoms with van der Waals surface area (Å²) >= 11 is 0. The number of carbonyl (C=O) groups is 1. The van der Waals surface area contributed by atoms with E-state index in [0.29, 0.717) is 17.1 Å². The number of ether oxygens (including phenoxy) is 1. The van der Waals surface area contributed by atoms with E-state index in [4.69, 9.17) is 4.74 Å². The summed E-state index contributed by atoms with van der Waals surface area (Å²) in [6.07, 6.45) is -4.65. The van der Waals surface area contributed by atoms with Crippen LogP contribution in [-0.2, 0) is 20.9 Å². The Labute approximate surface area is 206 Å². The van der Waals surface area contributed by atoms with Gasteiger partial charge in [0.25, 0.3) is 0 Å². The molecule has 0 atom stereocenters. The van der Waals surface area contributed by atoms with Crippen LogP contribution in [0.25, 0.3) is 11.0 Å². The lowest BCUT2D eigenvalue weighted by Crippen LogP contribution is -2.49. The van der Waals surface area contributed by atoms with Gasteiger partial charge in [0.15, 0.2) is 11.5 Å². The van der Waals surface area contributed by atoms with Gasteiger partial charge >= 0.3 is 12.1 Å². The van der Waals surface area contributed by atoms with Crippen molar-refractivity contribution in [2.75, 3.05) is 37.7 Å². The first-order chi connectivity index (χ1) is 16.9. The summed E-state index contributed by atoms with van der Waals surface area (Å²) in [4.78, 5) is 23.2. The second-order valence-corrected chi connectivity index (χ2v) is 10.4. The van der Waals surface area contributed by atoms with E-state index in [1.165, 1.54) is 0 Å². The molecule has 1 aliphatic rings. The molecule has 2 aromatic carbocycles. The maximum atomic E-state index is 13.1. The Morgan fingerprint density at radius 1 is 1.00 bits per heavy atom. The zero-order chi connectivity index (χ0) is 26.3. The second-order valence-electron chi connectivity index (χ2n) is 8.46. The molecule has 0 saturated carbocycles. The number of benzene rings is 2. The van der Waals surface area contributed by atoms with Crippen LogP contribution >= 0.6 is 0 Å². The third-order valence-corrected chi connectivity index (χ3v) is 7.96. The molecule has 1 fully saturated rings. The molecule has 8 nitrogen and oxygen atoms in total. The van der Waals surface area contributed by atoms with Gasteiger partial charge in [0.2, 0.25) is 10.0 Å². The van der Waals surface area contributed by atoms with Crippen molar-refractivity contribution >= 4 is 32.8 Å². The SMILES string of the molecule is CCOC(=O)c1nc2cc(C)c(C)cc2nc1N1CCN(S(=O)(=O)c2cccc(C(F)(F)F)c2)CC1. The highest BCUT2D eigenvalue weighted by Gasteiger charge is 2.35. The van der Waals surface area contributed by atoms with Crippen molar-refractivity contribution in [1.82, 2.24) is 14.3 Å². The molecule has 0 N–H and O–H groups in total. The number of sulfonamides is 1. The highest BCUT2D eigenvalue weighted by atomic mass is 32.2. The lowest BCUT2D eigenvalue weighted by atomic mass is 10.1. The van der Waals surface area contributed by atoms with Gasteiger partial charge in [0.05, 0.1) is 28.1 Å². The fourth-order valence-corrected chi connectivity index (χ4v) is 5.45. The van der Waals surface area contributed by atoms with Crippen LogP contribution in [0, 0.1) is 13.8 Å². The van der Waals surface area contributed by atoms with E-state index in [-0.39, 0.29) is 44.3 Å². The van der Waals surface area contributed by atoms with Crippen LogP contribution in [0.4, 0.5) is 19.0 Å².